The van der Waals surface area contributed by atoms with E-state index >= 15 is 0 Å². The van der Waals surface area contributed by atoms with Crippen LogP contribution in [-0.4, -0.2) is 31.1 Å². The second-order valence-electron chi connectivity index (χ2n) is 5.07. The van der Waals surface area contributed by atoms with Crippen molar-refractivity contribution in [2.24, 2.45) is 5.73 Å². The van der Waals surface area contributed by atoms with Gasteiger partial charge in [0.15, 0.2) is 0 Å². The molecular weight excluding hydrogens is 331 g/mol. The van der Waals surface area contributed by atoms with Crippen LogP contribution < -0.4 is 11.4 Å². The molecule has 0 saturated heterocycles. The van der Waals surface area contributed by atoms with Gasteiger partial charge in [0.25, 0.3) is 0 Å². The fourth-order valence-electron chi connectivity index (χ4n) is 2.15. The van der Waals surface area contributed by atoms with E-state index in [0.717, 1.165) is 15.3 Å². The van der Waals surface area contributed by atoms with E-state index in [1.54, 1.807) is 23.7 Å². The number of hydrogen-bond acceptors (Lipinski definition) is 6. The molecule has 0 aromatic carbocycles. The van der Waals surface area contributed by atoms with E-state index in [-0.39, 0.29) is 18.8 Å². The Morgan fingerprint density at radius 3 is 2.92 bits per heavy atom. The minimum Gasteiger partial charge on any atom is -0.327 e. The fourth-order valence-corrected chi connectivity index (χ4v) is 3.14. The molecule has 0 atom stereocenters. The van der Waals surface area contributed by atoms with Crippen LogP contribution in [0.15, 0.2) is 53.6 Å². The van der Waals surface area contributed by atoms with Crippen LogP contribution in [0, 0.1) is 0 Å². The fraction of sp³-hybridized carbons (Fsp3) is 0.200. The summed E-state index contributed by atoms with van der Waals surface area (Å²) in [5, 5.41) is 11.6. The van der Waals surface area contributed by atoms with Gasteiger partial charge < -0.3 is 5.73 Å². The number of thiophene rings is 1. The first-order valence-electron chi connectivity index (χ1n) is 7.17. The SMILES string of the molecule is NC/C(=C\F)Cn1ncn(Cc2ccc(-c3ccnnc3)s2)c1=O. The third-order valence-corrected chi connectivity index (χ3v) is 4.54. The van der Waals surface area contributed by atoms with Gasteiger partial charge in [0.1, 0.15) is 6.33 Å². The van der Waals surface area contributed by atoms with E-state index in [1.165, 1.54) is 15.6 Å². The van der Waals surface area contributed by atoms with Crippen LogP contribution in [0.4, 0.5) is 4.39 Å². The number of nitrogens with zero attached hydrogens (tertiary/aromatic N) is 5. The number of aromatic nitrogens is 5. The lowest BCUT2D eigenvalue weighted by Crippen LogP contribution is -2.26. The highest BCUT2D eigenvalue weighted by molar-refractivity contribution is 7.15. The Hall–Kier alpha value is -2.65. The molecule has 124 valence electrons. The van der Waals surface area contributed by atoms with Gasteiger partial charge in [-0.05, 0) is 23.8 Å². The van der Waals surface area contributed by atoms with Crippen molar-refractivity contribution in [3.8, 4) is 10.4 Å². The number of hydrogen-bond donors (Lipinski definition) is 1. The molecule has 3 heterocycles. The summed E-state index contributed by atoms with van der Waals surface area (Å²) in [4.78, 5) is 14.3. The van der Waals surface area contributed by atoms with Gasteiger partial charge in [-0.15, -0.1) is 11.3 Å². The van der Waals surface area contributed by atoms with Crippen molar-refractivity contribution in [2.45, 2.75) is 13.1 Å². The van der Waals surface area contributed by atoms with Crippen molar-refractivity contribution >= 4 is 11.3 Å². The van der Waals surface area contributed by atoms with Crippen LogP contribution in [-0.2, 0) is 13.1 Å². The molecular formula is C15H15FN6OS. The number of nitrogens with two attached hydrogens (primary N) is 1. The molecule has 0 fully saturated rings. The molecule has 24 heavy (non-hydrogen) atoms. The summed E-state index contributed by atoms with van der Waals surface area (Å²) in [6, 6.07) is 5.81. The normalized spacial score (nSPS) is 11.8. The largest absolute Gasteiger partial charge is 0.346 e. The van der Waals surface area contributed by atoms with E-state index in [0.29, 0.717) is 18.4 Å². The Morgan fingerprint density at radius 2 is 2.21 bits per heavy atom. The quantitative estimate of drug-likeness (QED) is 0.729. The van der Waals surface area contributed by atoms with Crippen molar-refractivity contribution in [1.82, 2.24) is 24.5 Å². The molecule has 3 rings (SSSR count). The standard InChI is InChI=1S/C15H15FN6OS/c16-5-11(6-17)8-22-15(23)21(10-20-22)9-13-1-2-14(24-13)12-3-4-18-19-7-12/h1-5,7,10H,6,8-9,17H2/b11-5+. The van der Waals surface area contributed by atoms with E-state index < -0.39 is 0 Å². The molecule has 3 aromatic heterocycles. The van der Waals surface area contributed by atoms with Gasteiger partial charge in [-0.2, -0.15) is 15.3 Å². The Kier molecular flexibility index (Phi) is 4.92. The van der Waals surface area contributed by atoms with E-state index in [9.17, 15) is 9.18 Å². The molecule has 0 saturated carbocycles. The first kappa shape index (κ1) is 16.2. The monoisotopic (exact) mass is 346 g/mol. The minimum atomic E-state index is -0.302. The maximum atomic E-state index is 12.6. The highest BCUT2D eigenvalue weighted by Gasteiger charge is 2.09. The Balaban J connectivity index is 1.77. The molecule has 0 aliphatic heterocycles. The summed E-state index contributed by atoms with van der Waals surface area (Å²) in [5.74, 6) is 0. The maximum Gasteiger partial charge on any atom is 0.346 e. The Morgan fingerprint density at radius 1 is 1.33 bits per heavy atom. The molecule has 0 aliphatic rings. The average Bonchev–Trinajstić information content (AvgIpc) is 3.22. The van der Waals surface area contributed by atoms with Crippen molar-refractivity contribution in [3.63, 3.8) is 0 Å². The third kappa shape index (κ3) is 3.47. The predicted molar refractivity (Wildman–Crippen MR) is 89.2 cm³/mol. The molecule has 3 aromatic rings. The van der Waals surface area contributed by atoms with Gasteiger partial charge in [0.05, 0.1) is 31.8 Å². The smallest absolute Gasteiger partial charge is 0.327 e. The average molecular weight is 346 g/mol. The number of halogens is 1. The molecule has 0 bridgehead atoms. The summed E-state index contributed by atoms with van der Waals surface area (Å²) in [5.41, 5.74) is 6.39. The molecule has 0 radical (unpaired) electrons. The molecule has 0 aliphatic carbocycles. The van der Waals surface area contributed by atoms with Crippen LogP contribution in [0.25, 0.3) is 10.4 Å². The van der Waals surface area contributed by atoms with Crippen molar-refractivity contribution in [2.75, 3.05) is 6.54 Å². The molecule has 2 N–H and O–H groups in total. The third-order valence-electron chi connectivity index (χ3n) is 3.42. The van der Waals surface area contributed by atoms with Crippen molar-refractivity contribution < 1.29 is 4.39 Å². The molecule has 0 spiro atoms. The maximum absolute atomic E-state index is 12.6. The van der Waals surface area contributed by atoms with E-state index in [4.69, 9.17) is 5.73 Å². The van der Waals surface area contributed by atoms with Gasteiger partial charge in [-0.25, -0.2) is 13.9 Å². The van der Waals surface area contributed by atoms with Crippen molar-refractivity contribution in [3.05, 3.63) is 64.2 Å². The summed E-state index contributed by atoms with van der Waals surface area (Å²) in [6.07, 6.45) is 5.19. The van der Waals surface area contributed by atoms with E-state index in [2.05, 4.69) is 15.3 Å². The van der Waals surface area contributed by atoms with Gasteiger partial charge >= 0.3 is 5.69 Å². The predicted octanol–water partition coefficient (Wildman–Crippen LogP) is 1.42. The van der Waals surface area contributed by atoms with Crippen LogP contribution in [0.5, 0.6) is 0 Å². The Labute approximate surface area is 140 Å². The summed E-state index contributed by atoms with van der Waals surface area (Å²) < 4.78 is 15.3. The zero-order chi connectivity index (χ0) is 16.9. The highest BCUT2D eigenvalue weighted by Crippen LogP contribution is 2.27. The summed E-state index contributed by atoms with van der Waals surface area (Å²) >= 11 is 1.57. The van der Waals surface area contributed by atoms with Crippen molar-refractivity contribution in [1.29, 1.82) is 0 Å². The first-order chi connectivity index (χ1) is 11.7. The lowest BCUT2D eigenvalue weighted by atomic mass is 10.2. The topological polar surface area (TPSA) is 91.6 Å². The molecule has 0 unspecified atom stereocenters. The lowest BCUT2D eigenvalue weighted by Gasteiger charge is -2.01. The second-order valence-corrected chi connectivity index (χ2v) is 6.24. The van der Waals surface area contributed by atoms with Gasteiger partial charge in [0, 0.05) is 21.9 Å². The van der Waals surface area contributed by atoms with Gasteiger partial charge in [0.2, 0.25) is 0 Å². The van der Waals surface area contributed by atoms with Crippen LogP contribution in [0.2, 0.25) is 0 Å². The van der Waals surface area contributed by atoms with E-state index in [1.807, 2.05) is 18.2 Å². The molecule has 9 heteroatoms. The van der Waals surface area contributed by atoms with Gasteiger partial charge in [-0.3, -0.25) is 4.57 Å². The molecule has 7 nitrogen and oxygen atoms in total. The molecule has 0 amide bonds. The lowest BCUT2D eigenvalue weighted by molar-refractivity contribution is 0.604. The second kappa shape index (κ2) is 7.28. The van der Waals surface area contributed by atoms with Crippen LogP contribution in [0.3, 0.4) is 0 Å². The first-order valence-corrected chi connectivity index (χ1v) is 7.99. The summed E-state index contributed by atoms with van der Waals surface area (Å²) in [7, 11) is 0. The van der Waals surface area contributed by atoms with Gasteiger partial charge in [-0.1, -0.05) is 0 Å². The zero-order valence-corrected chi connectivity index (χ0v) is 13.5. The Bertz CT molecular complexity index is 898. The highest BCUT2D eigenvalue weighted by atomic mass is 32.1. The number of rotatable bonds is 6. The zero-order valence-electron chi connectivity index (χ0n) is 12.7. The summed E-state index contributed by atoms with van der Waals surface area (Å²) in [6.45, 7) is 0.501. The van der Waals surface area contributed by atoms with Crippen LogP contribution >= 0.6 is 11.3 Å². The van der Waals surface area contributed by atoms with Crippen LogP contribution in [0.1, 0.15) is 4.88 Å². The minimum absolute atomic E-state index is 0.0457.